The van der Waals surface area contributed by atoms with E-state index in [2.05, 4.69) is 10.6 Å². The zero-order valence-corrected chi connectivity index (χ0v) is 14.1. The van der Waals surface area contributed by atoms with Gasteiger partial charge in [0.1, 0.15) is 0 Å². The third kappa shape index (κ3) is 5.50. The molecule has 2 rings (SSSR count). The Hall–Kier alpha value is -2.18. The van der Waals surface area contributed by atoms with Crippen LogP contribution in [0.5, 0.6) is 0 Å². The van der Waals surface area contributed by atoms with E-state index in [4.69, 9.17) is 0 Å². The fraction of sp³-hybridized carbons (Fsp3) is 0.294. The van der Waals surface area contributed by atoms with Gasteiger partial charge in [0, 0.05) is 6.54 Å². The van der Waals surface area contributed by atoms with Gasteiger partial charge >= 0.3 is 0 Å². The standard InChI is InChI=1S/C17H21N3O2S/c1-20(2)12-14(13-7-4-3-5-8-13)19-16(21)11-18-17(22)15-9-6-10-23-15/h3-10,14H,11-12H2,1-2H3,(H,18,22)(H,19,21). The van der Waals surface area contributed by atoms with Gasteiger partial charge in [-0.25, -0.2) is 0 Å². The highest BCUT2D eigenvalue weighted by atomic mass is 32.1. The predicted molar refractivity (Wildman–Crippen MR) is 92.5 cm³/mol. The van der Waals surface area contributed by atoms with E-state index in [-0.39, 0.29) is 24.4 Å². The summed E-state index contributed by atoms with van der Waals surface area (Å²) in [5, 5.41) is 7.45. The number of nitrogens with zero attached hydrogens (tertiary/aromatic N) is 1. The van der Waals surface area contributed by atoms with E-state index in [0.29, 0.717) is 11.4 Å². The molecule has 0 saturated heterocycles. The van der Waals surface area contributed by atoms with Gasteiger partial charge in [-0.3, -0.25) is 9.59 Å². The number of thiophene rings is 1. The first-order chi connectivity index (χ1) is 11.1. The van der Waals surface area contributed by atoms with Gasteiger partial charge in [0.2, 0.25) is 5.91 Å². The molecule has 6 heteroatoms. The molecule has 0 spiro atoms. The molecule has 1 aromatic heterocycles. The molecule has 0 saturated carbocycles. The Morgan fingerprint density at radius 2 is 1.87 bits per heavy atom. The Morgan fingerprint density at radius 1 is 1.13 bits per heavy atom. The molecule has 2 aromatic rings. The fourth-order valence-corrected chi connectivity index (χ4v) is 2.83. The summed E-state index contributed by atoms with van der Waals surface area (Å²) in [5.41, 5.74) is 1.04. The molecule has 0 fully saturated rings. The smallest absolute Gasteiger partial charge is 0.261 e. The number of benzene rings is 1. The Balaban J connectivity index is 1.91. The van der Waals surface area contributed by atoms with Gasteiger partial charge in [-0.05, 0) is 31.1 Å². The molecular formula is C17H21N3O2S. The van der Waals surface area contributed by atoms with Crippen LogP contribution in [0.2, 0.25) is 0 Å². The second-order valence-corrected chi connectivity index (χ2v) is 6.40. The van der Waals surface area contributed by atoms with Gasteiger partial charge in [-0.15, -0.1) is 11.3 Å². The quantitative estimate of drug-likeness (QED) is 0.814. The summed E-state index contributed by atoms with van der Waals surface area (Å²) >= 11 is 1.35. The number of likely N-dealkylation sites (N-methyl/N-ethyl adjacent to an activating group) is 1. The monoisotopic (exact) mass is 331 g/mol. The lowest BCUT2D eigenvalue weighted by molar-refractivity contribution is -0.121. The van der Waals surface area contributed by atoms with E-state index in [1.54, 1.807) is 6.07 Å². The van der Waals surface area contributed by atoms with Crippen molar-refractivity contribution in [2.24, 2.45) is 0 Å². The van der Waals surface area contributed by atoms with Gasteiger partial charge < -0.3 is 15.5 Å². The molecule has 2 amide bonds. The number of carbonyl (C=O) groups excluding carboxylic acids is 2. The molecule has 0 aliphatic carbocycles. The van der Waals surface area contributed by atoms with E-state index >= 15 is 0 Å². The third-order valence-electron chi connectivity index (χ3n) is 3.24. The zero-order chi connectivity index (χ0) is 16.7. The Bertz CT molecular complexity index is 627. The second-order valence-electron chi connectivity index (χ2n) is 5.45. The minimum atomic E-state index is -0.223. The van der Waals surface area contributed by atoms with E-state index in [1.165, 1.54) is 11.3 Å². The molecule has 122 valence electrons. The summed E-state index contributed by atoms with van der Waals surface area (Å²) in [5.74, 6) is -0.426. The van der Waals surface area contributed by atoms with Crippen LogP contribution in [0.1, 0.15) is 21.3 Å². The van der Waals surface area contributed by atoms with Crippen molar-refractivity contribution in [3.63, 3.8) is 0 Å². The van der Waals surface area contributed by atoms with Gasteiger partial charge in [0.15, 0.2) is 0 Å². The fourth-order valence-electron chi connectivity index (χ4n) is 2.19. The highest BCUT2D eigenvalue weighted by Crippen LogP contribution is 2.13. The van der Waals surface area contributed by atoms with Gasteiger partial charge in [-0.2, -0.15) is 0 Å². The Morgan fingerprint density at radius 3 is 2.48 bits per heavy atom. The second kappa shape index (κ2) is 8.45. The van der Waals surface area contributed by atoms with Crippen molar-refractivity contribution in [1.82, 2.24) is 15.5 Å². The van der Waals surface area contributed by atoms with Crippen molar-refractivity contribution in [3.8, 4) is 0 Å². The number of hydrogen-bond acceptors (Lipinski definition) is 4. The summed E-state index contributed by atoms with van der Waals surface area (Å²) in [6.07, 6.45) is 0. The molecule has 23 heavy (non-hydrogen) atoms. The molecule has 0 aliphatic heterocycles. The summed E-state index contributed by atoms with van der Waals surface area (Å²) in [4.78, 5) is 26.6. The van der Waals surface area contributed by atoms with Crippen LogP contribution in [0.25, 0.3) is 0 Å². The average Bonchev–Trinajstić information content (AvgIpc) is 3.07. The Kier molecular flexibility index (Phi) is 6.31. The van der Waals surface area contributed by atoms with Crippen LogP contribution < -0.4 is 10.6 Å². The summed E-state index contributed by atoms with van der Waals surface area (Å²) in [6, 6.07) is 13.2. The van der Waals surface area contributed by atoms with E-state index in [0.717, 1.165) is 5.56 Å². The van der Waals surface area contributed by atoms with E-state index in [9.17, 15) is 9.59 Å². The maximum Gasteiger partial charge on any atom is 0.261 e. The maximum absolute atomic E-state index is 12.1. The first-order valence-electron chi connectivity index (χ1n) is 7.37. The minimum absolute atomic E-state index is 0.0342. The van der Waals surface area contributed by atoms with Crippen LogP contribution in [-0.2, 0) is 4.79 Å². The van der Waals surface area contributed by atoms with Crippen LogP contribution in [-0.4, -0.2) is 43.9 Å². The van der Waals surface area contributed by atoms with Gasteiger partial charge in [0.05, 0.1) is 17.5 Å². The molecule has 2 N–H and O–H groups in total. The highest BCUT2D eigenvalue weighted by Gasteiger charge is 2.16. The first-order valence-corrected chi connectivity index (χ1v) is 8.25. The molecule has 5 nitrogen and oxygen atoms in total. The number of carbonyl (C=O) groups is 2. The normalized spacial score (nSPS) is 12.0. The minimum Gasteiger partial charge on any atom is -0.346 e. The average molecular weight is 331 g/mol. The van der Waals surface area contributed by atoms with Crippen LogP contribution in [0, 0.1) is 0 Å². The molecule has 1 heterocycles. The summed E-state index contributed by atoms with van der Waals surface area (Å²) in [7, 11) is 3.92. The third-order valence-corrected chi connectivity index (χ3v) is 4.11. The topological polar surface area (TPSA) is 61.4 Å². The lowest BCUT2D eigenvalue weighted by Gasteiger charge is -2.23. The van der Waals surface area contributed by atoms with Crippen molar-refractivity contribution >= 4 is 23.2 Å². The molecule has 0 bridgehead atoms. The zero-order valence-electron chi connectivity index (χ0n) is 13.3. The Labute approximate surface area is 140 Å². The molecule has 1 unspecified atom stereocenters. The number of amides is 2. The van der Waals surface area contributed by atoms with Crippen molar-refractivity contribution in [2.45, 2.75) is 6.04 Å². The summed E-state index contributed by atoms with van der Waals surface area (Å²) in [6.45, 7) is 0.655. The summed E-state index contributed by atoms with van der Waals surface area (Å²) < 4.78 is 0. The van der Waals surface area contributed by atoms with Crippen molar-refractivity contribution < 1.29 is 9.59 Å². The van der Waals surface area contributed by atoms with Crippen molar-refractivity contribution in [2.75, 3.05) is 27.2 Å². The van der Waals surface area contributed by atoms with Gasteiger partial charge in [-0.1, -0.05) is 36.4 Å². The molecular weight excluding hydrogens is 310 g/mol. The molecule has 0 aliphatic rings. The SMILES string of the molecule is CN(C)CC(NC(=O)CNC(=O)c1cccs1)c1ccccc1. The van der Waals surface area contributed by atoms with Crippen LogP contribution in [0.4, 0.5) is 0 Å². The van der Waals surface area contributed by atoms with Crippen molar-refractivity contribution in [1.29, 1.82) is 0 Å². The number of nitrogens with one attached hydrogen (secondary N) is 2. The maximum atomic E-state index is 12.1. The number of rotatable bonds is 7. The van der Waals surface area contributed by atoms with Crippen molar-refractivity contribution in [3.05, 3.63) is 58.3 Å². The van der Waals surface area contributed by atoms with Crippen LogP contribution >= 0.6 is 11.3 Å². The predicted octanol–water partition coefficient (Wildman–Crippen LogP) is 1.90. The van der Waals surface area contributed by atoms with E-state index < -0.39 is 0 Å². The lowest BCUT2D eigenvalue weighted by atomic mass is 10.1. The van der Waals surface area contributed by atoms with Crippen LogP contribution in [0.3, 0.4) is 0 Å². The highest BCUT2D eigenvalue weighted by molar-refractivity contribution is 7.12. The number of hydrogen-bond donors (Lipinski definition) is 2. The molecule has 1 aromatic carbocycles. The van der Waals surface area contributed by atoms with E-state index in [1.807, 2.05) is 60.8 Å². The molecule has 1 atom stereocenters. The first kappa shape index (κ1) is 17.2. The molecule has 0 radical (unpaired) electrons. The van der Waals surface area contributed by atoms with Gasteiger partial charge in [0.25, 0.3) is 5.91 Å². The lowest BCUT2D eigenvalue weighted by Crippen LogP contribution is -2.41. The van der Waals surface area contributed by atoms with Crippen LogP contribution in [0.15, 0.2) is 47.8 Å². The largest absolute Gasteiger partial charge is 0.346 e.